The van der Waals surface area contributed by atoms with Crippen LogP contribution in [0.3, 0.4) is 0 Å². The zero-order valence-electron chi connectivity index (χ0n) is 72.0. The van der Waals surface area contributed by atoms with Gasteiger partial charge < -0.3 is 12.4 Å². The van der Waals surface area contributed by atoms with E-state index in [9.17, 15) is 0 Å². The van der Waals surface area contributed by atoms with Crippen molar-refractivity contribution in [1.29, 1.82) is 0 Å². The summed E-state index contributed by atoms with van der Waals surface area (Å²) in [5, 5.41) is 13.5. The Bertz CT molecular complexity index is 5510. The molecule has 0 fully saturated rings. The Kier molecular flexibility index (Phi) is 40.7. The second-order valence-corrected chi connectivity index (χ2v) is 44.0. The normalized spacial score (nSPS) is 10.8. The molecule has 0 saturated carbocycles. The third-order valence-electron chi connectivity index (χ3n) is 22.2. The summed E-state index contributed by atoms with van der Waals surface area (Å²) in [6, 6.07) is 127. The van der Waals surface area contributed by atoms with Gasteiger partial charge in [-0.1, -0.05) is 506 Å². The second-order valence-electron chi connectivity index (χ2n) is 31.1. The maximum atomic E-state index is 4.81. The van der Waals surface area contributed by atoms with Gasteiger partial charge in [-0.25, -0.2) is 0 Å². The van der Waals surface area contributed by atoms with E-state index >= 15 is 0 Å². The molecule has 126 heavy (non-hydrogen) atoms. The van der Waals surface area contributed by atoms with E-state index in [1.807, 2.05) is 0 Å². The summed E-state index contributed by atoms with van der Waals surface area (Å²) in [7, 11) is -2.27. The molecule has 0 nitrogen and oxygen atoms in total. The van der Waals surface area contributed by atoms with E-state index in [2.05, 4.69) is 423 Å². The first kappa shape index (κ1) is 103. The third kappa shape index (κ3) is 27.4. The molecule has 16 aromatic rings. The minimum Gasteiger partial charge on any atom is -1.00 e. The fourth-order valence-corrected chi connectivity index (χ4v) is 23.1. The van der Waals surface area contributed by atoms with Crippen LogP contribution in [0.5, 0.6) is 0 Å². The van der Waals surface area contributed by atoms with E-state index in [4.69, 9.17) is 139 Å². The van der Waals surface area contributed by atoms with Gasteiger partial charge in [0, 0.05) is 0 Å². The summed E-state index contributed by atoms with van der Waals surface area (Å²) in [4.78, 5) is 0. The van der Waals surface area contributed by atoms with E-state index in [1.165, 1.54) is 197 Å². The number of hydrogen-bond donors (Lipinski definition) is 0. The molecule has 0 atom stereocenters. The molecule has 0 amide bonds. The van der Waals surface area contributed by atoms with Gasteiger partial charge in [-0.05, 0) is 222 Å². The van der Waals surface area contributed by atoms with Crippen LogP contribution in [-0.4, -0.2) is 30.6 Å². The second kappa shape index (κ2) is 49.7. The largest absolute Gasteiger partial charge is 1.00 e. The van der Waals surface area contributed by atoms with E-state index in [0.29, 0.717) is 0 Å². The average molecular weight is 2140 g/mol. The van der Waals surface area contributed by atoms with E-state index in [0.717, 1.165) is 0 Å². The molecule has 18 heteroatoms. The Balaban J connectivity index is 0.000000240. The van der Waals surface area contributed by atoms with Crippen molar-refractivity contribution in [2.24, 2.45) is 0 Å². The fourth-order valence-electron chi connectivity index (χ4n) is 17.9. The molecule has 0 spiro atoms. The monoisotopic (exact) mass is 2130 g/mol. The Hall–Kier alpha value is -6.46. The smallest absolute Gasteiger partial charge is 1.00 e. The first-order valence-electron chi connectivity index (χ1n) is 40.9. The molecule has 0 aliphatic rings. The Morgan fingerprint density at radius 1 is 0.206 bits per heavy atom. The Labute approximate surface area is 831 Å². The number of aryl methyl sites for hydroxylation is 12. The number of alkyl halides is 12. The van der Waals surface area contributed by atoms with Crippen molar-refractivity contribution in [3.8, 4) is 44.5 Å². The standard InChI is InChI=1S/2C52H46BP.4CHCl3.Au.ClH/c2*1-35-31-37(3)51(38(4)32-35)53(52-39(5)33-36(2)34-40(52)6)44-27-23-41(24-28-44)48-21-13-15-43-16-14-22-49(50(43)48)42-25-29-47(30-26-42)54(45-17-9-7-10-18-45)46-19-11-8-12-20-46;4*2-1(3)4;;/h2*7-34H,1-6H3;4*1H;;1H/q;;;;;;+1;/p+1. The maximum Gasteiger partial charge on any atom is 1.00 e. The van der Waals surface area contributed by atoms with Crippen LogP contribution >= 0.6 is 155 Å². The molecule has 646 valence electrons. The summed E-state index contributed by atoms with van der Waals surface area (Å²) >= 11 is 57.7. The average Bonchev–Trinajstić information content (AvgIpc) is 0.764. The molecule has 0 radical (unpaired) electrons. The first-order chi connectivity index (χ1) is 59.5. The molecule has 16 rings (SSSR count). The van der Waals surface area contributed by atoms with Crippen molar-refractivity contribution in [1.82, 2.24) is 0 Å². The van der Waals surface area contributed by atoms with Crippen LogP contribution in [0.15, 0.2) is 340 Å². The number of benzene rings is 16. The molecule has 0 heterocycles. The van der Waals surface area contributed by atoms with Gasteiger partial charge in [-0.3, -0.25) is 0 Å². The van der Waals surface area contributed by atoms with Gasteiger partial charge >= 0.3 is 22.4 Å². The molecule has 0 bridgehead atoms. The fraction of sp³-hybridized carbons (Fsp3) is 0.148. The van der Waals surface area contributed by atoms with Gasteiger partial charge in [0.2, 0.25) is 13.4 Å². The van der Waals surface area contributed by atoms with Crippen LogP contribution in [0.25, 0.3) is 66.1 Å². The Morgan fingerprint density at radius 3 is 0.556 bits per heavy atom. The van der Waals surface area contributed by atoms with Gasteiger partial charge in [-0.2, -0.15) is 0 Å². The SMILES string of the molecule is Cc1cc(C)c(B(c2ccc(-c3cccc4cccc(-c5ccc([PH+](c6ccccc6)c6ccccc6)cc5)c34)cc2)c2c(C)cc(C)cc2C)c(C)c1.Cc1cc(C)c(B(c2ccc(-c3cccc4cccc(-c5ccc([PH+](c6ccccc6)c6ccccc6)cc5)c34)cc2)c2c(C)cc(C)cc2C)c(C)c1.ClC(Cl)Cl.ClC(Cl)Cl.ClC(Cl)Cl.ClC(Cl)Cl.[Au+].[Cl-]. The van der Waals surface area contributed by atoms with Gasteiger partial charge in [0.1, 0.15) is 31.8 Å². The topological polar surface area (TPSA) is 0 Å². The van der Waals surface area contributed by atoms with Crippen LogP contribution in [0.2, 0.25) is 0 Å². The van der Waals surface area contributed by atoms with Crippen LogP contribution in [0.1, 0.15) is 66.8 Å². The zero-order valence-corrected chi connectivity index (χ0v) is 86.0. The summed E-state index contributed by atoms with van der Waals surface area (Å²) < 4.78 is -3.00. The summed E-state index contributed by atoms with van der Waals surface area (Å²) in [5.74, 6) is 0. The quantitative estimate of drug-likeness (QED) is 0.0514. The minimum atomic E-state index is -1.13. The Morgan fingerprint density at radius 2 is 0.373 bits per heavy atom. The van der Waals surface area contributed by atoms with Crippen molar-refractivity contribution >= 4 is 255 Å². The van der Waals surface area contributed by atoms with Gasteiger partial charge in [0.25, 0.3) is 0 Å². The van der Waals surface area contributed by atoms with Gasteiger partial charge in [0.15, 0.2) is 17.2 Å². The third-order valence-corrected chi connectivity index (χ3v) is 27.7. The molecular formula is C108H98AuB2Cl13P2+2. The molecule has 16 aromatic carbocycles. The first-order valence-corrected chi connectivity index (χ1v) is 49.1. The van der Waals surface area contributed by atoms with Crippen molar-refractivity contribution in [3.63, 3.8) is 0 Å². The molecular weight excluding hydrogens is 2040 g/mol. The van der Waals surface area contributed by atoms with Crippen LogP contribution in [-0.2, 0) is 22.4 Å². The van der Waals surface area contributed by atoms with Crippen LogP contribution in [0, 0.1) is 83.1 Å². The number of rotatable bonds is 16. The molecule has 0 aliphatic heterocycles. The summed E-state index contributed by atoms with van der Waals surface area (Å²) in [6.45, 7) is 27.4. The van der Waals surface area contributed by atoms with E-state index < -0.39 is 33.0 Å². The van der Waals surface area contributed by atoms with E-state index in [1.54, 1.807) is 0 Å². The molecule has 0 unspecified atom stereocenters. The summed E-state index contributed by atoms with van der Waals surface area (Å²) in [6.07, 6.45) is 0. The van der Waals surface area contributed by atoms with E-state index in [-0.39, 0.29) is 48.2 Å². The van der Waals surface area contributed by atoms with Gasteiger partial charge in [-0.15, -0.1) is 0 Å². The predicted octanol–water partition coefficient (Wildman–Crippen LogP) is 25.0. The maximum absolute atomic E-state index is 4.81. The predicted molar refractivity (Wildman–Crippen MR) is 567 cm³/mol. The van der Waals surface area contributed by atoms with Crippen molar-refractivity contribution in [2.75, 3.05) is 0 Å². The molecule has 0 aromatic heterocycles. The zero-order chi connectivity index (χ0) is 89.0. The molecule has 0 aliphatic carbocycles. The number of halogens is 13. The number of fused-ring (bicyclic) bond motifs is 2. The van der Waals surface area contributed by atoms with Crippen LogP contribution in [0.4, 0.5) is 0 Å². The van der Waals surface area contributed by atoms with Crippen molar-refractivity contribution in [2.45, 2.75) is 100 Å². The van der Waals surface area contributed by atoms with Crippen molar-refractivity contribution in [3.05, 3.63) is 406 Å². The van der Waals surface area contributed by atoms with Crippen LogP contribution < -0.4 is 77.0 Å². The van der Waals surface area contributed by atoms with Crippen molar-refractivity contribution < 1.29 is 34.8 Å². The van der Waals surface area contributed by atoms with Gasteiger partial charge in [0.05, 0.1) is 15.8 Å². The summed E-state index contributed by atoms with van der Waals surface area (Å²) in [5.41, 5.74) is 34.4. The number of hydrogen-bond acceptors (Lipinski definition) is 0. The minimum absolute atomic E-state index is 0. The molecule has 0 N–H and O–H groups in total. The molecule has 0 saturated heterocycles.